The van der Waals surface area contributed by atoms with Crippen LogP contribution in [0.3, 0.4) is 0 Å². The summed E-state index contributed by atoms with van der Waals surface area (Å²) in [5, 5.41) is 14.0. The largest absolute Gasteiger partial charge is 0.285 e. The van der Waals surface area contributed by atoms with Gasteiger partial charge in [-0.05, 0) is 36.8 Å². The van der Waals surface area contributed by atoms with Gasteiger partial charge in [-0.2, -0.15) is 5.10 Å². The summed E-state index contributed by atoms with van der Waals surface area (Å²) in [5.41, 5.74) is 4.26. The van der Waals surface area contributed by atoms with E-state index in [9.17, 15) is 4.79 Å². The Morgan fingerprint density at radius 3 is 2.52 bits per heavy atom. The summed E-state index contributed by atoms with van der Waals surface area (Å²) in [5.74, 6) is 0. The molecule has 5 aromatic rings. The van der Waals surface area contributed by atoms with Gasteiger partial charge in [-0.25, -0.2) is 4.52 Å². The number of aryl methyl sites for hydroxylation is 1. The molecule has 0 N–H and O–H groups in total. The monoisotopic (exact) mass is 421 g/mol. The zero-order valence-electron chi connectivity index (χ0n) is 15.2. The molecular weight excluding hydrogens is 409 g/mol. The van der Waals surface area contributed by atoms with Crippen molar-refractivity contribution in [2.24, 2.45) is 0 Å². The molecule has 0 aliphatic heterocycles. The van der Waals surface area contributed by atoms with Crippen LogP contribution in [0.4, 0.5) is 0 Å². The van der Waals surface area contributed by atoms with Crippen LogP contribution in [0.1, 0.15) is 5.69 Å². The van der Waals surface area contributed by atoms with Crippen molar-refractivity contribution >= 4 is 39.9 Å². The van der Waals surface area contributed by atoms with Crippen LogP contribution in [-0.4, -0.2) is 24.4 Å². The van der Waals surface area contributed by atoms with Gasteiger partial charge in [0, 0.05) is 11.2 Å². The average Bonchev–Trinajstić information content (AvgIpc) is 3.06. The molecule has 29 heavy (non-hydrogen) atoms. The summed E-state index contributed by atoms with van der Waals surface area (Å²) >= 11 is 12.2. The fourth-order valence-corrected chi connectivity index (χ4v) is 3.96. The fourth-order valence-electron chi connectivity index (χ4n) is 3.46. The number of rotatable bonds is 2. The van der Waals surface area contributed by atoms with Crippen molar-refractivity contribution in [1.82, 2.24) is 24.4 Å². The molecule has 5 rings (SSSR count). The van der Waals surface area contributed by atoms with E-state index >= 15 is 0 Å². The van der Waals surface area contributed by atoms with E-state index in [0.717, 1.165) is 16.8 Å². The van der Waals surface area contributed by atoms with Crippen molar-refractivity contribution in [1.29, 1.82) is 0 Å². The molecule has 0 unspecified atom stereocenters. The zero-order valence-corrected chi connectivity index (χ0v) is 16.7. The van der Waals surface area contributed by atoms with Gasteiger partial charge in [0.05, 0.1) is 22.0 Å². The van der Waals surface area contributed by atoms with Gasteiger partial charge in [0.15, 0.2) is 11.2 Å². The van der Waals surface area contributed by atoms with Crippen LogP contribution >= 0.6 is 23.2 Å². The first kappa shape index (κ1) is 17.8. The molecule has 0 aliphatic carbocycles. The molecule has 2 aromatic carbocycles. The molecule has 142 valence electrons. The van der Waals surface area contributed by atoms with Crippen LogP contribution in [0.25, 0.3) is 33.5 Å². The molecule has 8 heteroatoms. The SMILES string of the molecule is Cc1nn2c(nnc3c(=O)n(-c4ccc(Cl)cc4Cl)ccc32)c1-c1ccccc1. The van der Waals surface area contributed by atoms with Gasteiger partial charge in [0.25, 0.3) is 5.56 Å². The Hall–Kier alpha value is -3.22. The normalized spacial score (nSPS) is 11.4. The second kappa shape index (κ2) is 6.69. The van der Waals surface area contributed by atoms with Crippen molar-refractivity contribution in [2.45, 2.75) is 6.92 Å². The number of benzene rings is 2. The highest BCUT2D eigenvalue weighted by molar-refractivity contribution is 6.35. The van der Waals surface area contributed by atoms with E-state index in [1.54, 1.807) is 35.0 Å². The molecule has 3 aromatic heterocycles. The average molecular weight is 422 g/mol. The lowest BCUT2D eigenvalue weighted by atomic mass is 10.1. The number of aromatic nitrogens is 5. The van der Waals surface area contributed by atoms with E-state index in [2.05, 4.69) is 15.3 Å². The molecule has 0 saturated heterocycles. The van der Waals surface area contributed by atoms with E-state index in [0.29, 0.717) is 26.9 Å². The molecule has 0 radical (unpaired) electrons. The van der Waals surface area contributed by atoms with Gasteiger partial charge in [-0.15, -0.1) is 10.2 Å². The third-order valence-electron chi connectivity index (χ3n) is 4.79. The Balaban J connectivity index is 1.78. The molecule has 0 atom stereocenters. The second-order valence-electron chi connectivity index (χ2n) is 6.58. The topological polar surface area (TPSA) is 65.1 Å². The highest BCUT2D eigenvalue weighted by atomic mass is 35.5. The number of pyridine rings is 1. The number of fused-ring (bicyclic) bond motifs is 3. The molecule has 0 spiro atoms. The van der Waals surface area contributed by atoms with Crippen LogP contribution in [-0.2, 0) is 0 Å². The minimum absolute atomic E-state index is 0.202. The van der Waals surface area contributed by atoms with E-state index in [-0.39, 0.29) is 11.1 Å². The molecule has 0 fully saturated rings. The van der Waals surface area contributed by atoms with Gasteiger partial charge < -0.3 is 0 Å². The van der Waals surface area contributed by atoms with E-state index < -0.39 is 0 Å². The van der Waals surface area contributed by atoms with Crippen LogP contribution in [0.2, 0.25) is 10.0 Å². The predicted octanol–water partition coefficient (Wildman–Crippen LogP) is 4.71. The van der Waals surface area contributed by atoms with Crippen molar-refractivity contribution < 1.29 is 0 Å². The summed E-state index contributed by atoms with van der Waals surface area (Å²) in [4.78, 5) is 13.1. The minimum Gasteiger partial charge on any atom is -0.281 e. The number of hydrogen-bond donors (Lipinski definition) is 0. The Kier molecular flexibility index (Phi) is 4.12. The quantitative estimate of drug-likeness (QED) is 0.413. The van der Waals surface area contributed by atoms with Gasteiger partial charge in [0.1, 0.15) is 5.52 Å². The predicted molar refractivity (Wildman–Crippen MR) is 114 cm³/mol. The van der Waals surface area contributed by atoms with Crippen molar-refractivity contribution in [2.75, 3.05) is 0 Å². The van der Waals surface area contributed by atoms with E-state index in [1.807, 2.05) is 37.3 Å². The Bertz CT molecular complexity index is 1460. The number of hydrogen-bond acceptors (Lipinski definition) is 4. The standard InChI is InChI=1S/C21H13Cl2N5O/c1-12-18(13-5-3-2-4-6-13)20-25-24-19-17(28(20)26-12)9-10-27(21(19)29)16-8-7-14(22)11-15(16)23/h2-11H,1H3. The number of halogens is 2. The van der Waals surface area contributed by atoms with E-state index in [1.165, 1.54) is 4.57 Å². The van der Waals surface area contributed by atoms with Crippen LogP contribution in [0.5, 0.6) is 0 Å². The smallest absolute Gasteiger partial charge is 0.281 e. The first-order valence-corrected chi connectivity index (χ1v) is 9.58. The van der Waals surface area contributed by atoms with Gasteiger partial charge in [-0.3, -0.25) is 9.36 Å². The summed E-state index contributed by atoms with van der Waals surface area (Å²) in [6.07, 6.45) is 1.65. The lowest BCUT2D eigenvalue weighted by Crippen LogP contribution is -2.20. The maximum absolute atomic E-state index is 13.1. The van der Waals surface area contributed by atoms with Crippen molar-refractivity contribution in [3.63, 3.8) is 0 Å². The maximum atomic E-state index is 13.1. The highest BCUT2D eigenvalue weighted by Gasteiger charge is 2.18. The van der Waals surface area contributed by atoms with Gasteiger partial charge in [0.2, 0.25) is 0 Å². The molecule has 6 nitrogen and oxygen atoms in total. The second-order valence-corrected chi connectivity index (χ2v) is 7.43. The van der Waals surface area contributed by atoms with Crippen LogP contribution in [0, 0.1) is 6.92 Å². The van der Waals surface area contributed by atoms with Crippen LogP contribution < -0.4 is 5.56 Å². The molecule has 0 aliphatic rings. The lowest BCUT2D eigenvalue weighted by molar-refractivity contribution is 0.905. The molecule has 0 amide bonds. The first-order valence-electron chi connectivity index (χ1n) is 8.83. The third kappa shape index (κ3) is 2.80. The summed E-state index contributed by atoms with van der Waals surface area (Å²) in [7, 11) is 0. The Morgan fingerprint density at radius 1 is 0.966 bits per heavy atom. The van der Waals surface area contributed by atoms with Crippen LogP contribution in [0.15, 0.2) is 65.6 Å². The molecule has 0 bridgehead atoms. The molecular formula is C21H13Cl2N5O. The summed E-state index contributed by atoms with van der Waals surface area (Å²) in [6.45, 7) is 1.91. The highest BCUT2D eigenvalue weighted by Crippen LogP contribution is 2.28. The summed E-state index contributed by atoms with van der Waals surface area (Å²) in [6, 6.07) is 16.6. The Morgan fingerprint density at radius 2 is 1.76 bits per heavy atom. The van der Waals surface area contributed by atoms with Gasteiger partial charge in [-0.1, -0.05) is 53.5 Å². The summed E-state index contributed by atoms with van der Waals surface area (Å²) < 4.78 is 3.09. The minimum atomic E-state index is -0.337. The molecule has 3 heterocycles. The fraction of sp³-hybridized carbons (Fsp3) is 0.0476. The van der Waals surface area contributed by atoms with E-state index in [4.69, 9.17) is 23.2 Å². The van der Waals surface area contributed by atoms with Gasteiger partial charge >= 0.3 is 0 Å². The Labute approximate surface area is 175 Å². The lowest BCUT2D eigenvalue weighted by Gasteiger charge is -2.09. The van der Waals surface area contributed by atoms with Crippen molar-refractivity contribution in [3.8, 4) is 16.8 Å². The number of nitrogens with zero attached hydrogens (tertiary/aromatic N) is 5. The third-order valence-corrected chi connectivity index (χ3v) is 5.32. The first-order chi connectivity index (χ1) is 14.0. The van der Waals surface area contributed by atoms with Crippen molar-refractivity contribution in [3.05, 3.63) is 86.9 Å². The maximum Gasteiger partial charge on any atom is 0.285 e. The molecule has 0 saturated carbocycles. The zero-order chi connectivity index (χ0) is 20.1.